The SMILES string of the molecule is Cc1ccc(CC(CNCC(C)C)C(C)C)cc1C. The smallest absolute Gasteiger partial charge is 0.00148 e. The van der Waals surface area contributed by atoms with E-state index >= 15 is 0 Å². The summed E-state index contributed by atoms with van der Waals surface area (Å²) >= 11 is 0. The molecule has 19 heavy (non-hydrogen) atoms. The first kappa shape index (κ1) is 16.2. The van der Waals surface area contributed by atoms with E-state index in [1.54, 1.807) is 0 Å². The average molecular weight is 261 g/mol. The minimum absolute atomic E-state index is 0.723. The lowest BCUT2D eigenvalue weighted by molar-refractivity contribution is 0.352. The van der Waals surface area contributed by atoms with Gasteiger partial charge in [-0.15, -0.1) is 0 Å². The van der Waals surface area contributed by atoms with Gasteiger partial charge >= 0.3 is 0 Å². The van der Waals surface area contributed by atoms with Crippen LogP contribution >= 0.6 is 0 Å². The summed E-state index contributed by atoms with van der Waals surface area (Å²) in [5.41, 5.74) is 4.28. The summed E-state index contributed by atoms with van der Waals surface area (Å²) in [7, 11) is 0. The molecule has 1 atom stereocenters. The summed E-state index contributed by atoms with van der Waals surface area (Å²) in [6, 6.07) is 6.90. The van der Waals surface area contributed by atoms with E-state index in [2.05, 4.69) is 65.1 Å². The van der Waals surface area contributed by atoms with Gasteiger partial charge in [-0.1, -0.05) is 45.9 Å². The van der Waals surface area contributed by atoms with E-state index in [1.807, 2.05) is 0 Å². The summed E-state index contributed by atoms with van der Waals surface area (Å²) in [6.07, 6.45) is 1.18. The highest BCUT2D eigenvalue weighted by atomic mass is 14.9. The standard InChI is InChI=1S/C18H31N/c1-13(2)11-19-12-18(14(3)4)10-17-8-7-15(5)16(6)9-17/h7-9,13-14,18-19H,10-12H2,1-6H3. The number of aryl methyl sites for hydroxylation is 2. The van der Waals surface area contributed by atoms with E-state index in [0.29, 0.717) is 0 Å². The molecular weight excluding hydrogens is 230 g/mol. The van der Waals surface area contributed by atoms with Crippen LogP contribution in [0.15, 0.2) is 18.2 Å². The molecule has 1 unspecified atom stereocenters. The minimum Gasteiger partial charge on any atom is -0.316 e. The van der Waals surface area contributed by atoms with Crippen LogP contribution in [0.1, 0.15) is 44.4 Å². The normalized spacial score (nSPS) is 13.3. The van der Waals surface area contributed by atoms with Crippen molar-refractivity contribution < 1.29 is 0 Å². The van der Waals surface area contributed by atoms with Gasteiger partial charge in [-0.05, 0) is 67.8 Å². The summed E-state index contributed by atoms with van der Waals surface area (Å²) in [5.74, 6) is 2.18. The van der Waals surface area contributed by atoms with Crippen molar-refractivity contribution in [1.29, 1.82) is 0 Å². The molecule has 0 saturated carbocycles. The third-order valence-electron chi connectivity index (χ3n) is 3.97. The van der Waals surface area contributed by atoms with Gasteiger partial charge in [-0.25, -0.2) is 0 Å². The highest BCUT2D eigenvalue weighted by Crippen LogP contribution is 2.19. The lowest BCUT2D eigenvalue weighted by Crippen LogP contribution is -2.30. The zero-order chi connectivity index (χ0) is 14.4. The fraction of sp³-hybridized carbons (Fsp3) is 0.667. The number of rotatable bonds is 7. The second-order valence-electron chi connectivity index (χ2n) is 6.68. The fourth-order valence-corrected chi connectivity index (χ4v) is 2.33. The Balaban J connectivity index is 2.59. The lowest BCUT2D eigenvalue weighted by atomic mass is 9.88. The van der Waals surface area contributed by atoms with Gasteiger partial charge in [0.25, 0.3) is 0 Å². The van der Waals surface area contributed by atoms with Crippen molar-refractivity contribution in [2.75, 3.05) is 13.1 Å². The van der Waals surface area contributed by atoms with E-state index in [-0.39, 0.29) is 0 Å². The van der Waals surface area contributed by atoms with Crippen LogP contribution < -0.4 is 5.32 Å². The number of benzene rings is 1. The van der Waals surface area contributed by atoms with Crippen LogP contribution in [0.2, 0.25) is 0 Å². The van der Waals surface area contributed by atoms with E-state index in [4.69, 9.17) is 0 Å². The molecule has 1 nitrogen and oxygen atoms in total. The van der Waals surface area contributed by atoms with Crippen LogP contribution in [0.4, 0.5) is 0 Å². The first-order chi connectivity index (χ1) is 8.90. The predicted octanol–water partition coefficient (Wildman–Crippen LogP) is 4.36. The van der Waals surface area contributed by atoms with E-state index in [0.717, 1.165) is 30.8 Å². The van der Waals surface area contributed by atoms with Crippen molar-refractivity contribution in [3.8, 4) is 0 Å². The number of hydrogen-bond donors (Lipinski definition) is 1. The molecule has 0 aliphatic carbocycles. The quantitative estimate of drug-likeness (QED) is 0.769. The molecule has 0 aliphatic heterocycles. The fourth-order valence-electron chi connectivity index (χ4n) is 2.33. The Labute approximate surface area is 119 Å². The predicted molar refractivity (Wildman–Crippen MR) is 85.7 cm³/mol. The Morgan fingerprint density at radius 3 is 2.16 bits per heavy atom. The van der Waals surface area contributed by atoms with Crippen molar-refractivity contribution >= 4 is 0 Å². The molecule has 0 amide bonds. The highest BCUT2D eigenvalue weighted by Gasteiger charge is 2.14. The van der Waals surface area contributed by atoms with Crippen molar-refractivity contribution in [1.82, 2.24) is 5.32 Å². The van der Waals surface area contributed by atoms with Crippen LogP contribution in [0, 0.1) is 31.6 Å². The molecule has 1 aromatic carbocycles. The summed E-state index contributed by atoms with van der Waals surface area (Å²) in [4.78, 5) is 0. The molecule has 0 spiro atoms. The van der Waals surface area contributed by atoms with E-state index in [9.17, 15) is 0 Å². The molecule has 0 bridgehead atoms. The number of nitrogens with one attached hydrogen (secondary N) is 1. The van der Waals surface area contributed by atoms with Crippen LogP contribution in [-0.2, 0) is 6.42 Å². The van der Waals surface area contributed by atoms with E-state index < -0.39 is 0 Å². The molecule has 0 radical (unpaired) electrons. The highest BCUT2D eigenvalue weighted by molar-refractivity contribution is 5.30. The van der Waals surface area contributed by atoms with Crippen LogP contribution in [0.5, 0.6) is 0 Å². The molecule has 0 saturated heterocycles. The van der Waals surface area contributed by atoms with Crippen molar-refractivity contribution in [2.24, 2.45) is 17.8 Å². The minimum atomic E-state index is 0.723. The van der Waals surface area contributed by atoms with Gasteiger partial charge in [0.1, 0.15) is 0 Å². The Kier molecular flexibility index (Phi) is 6.57. The largest absolute Gasteiger partial charge is 0.316 e. The Morgan fingerprint density at radius 2 is 1.63 bits per heavy atom. The average Bonchev–Trinajstić information content (AvgIpc) is 2.32. The first-order valence-corrected chi connectivity index (χ1v) is 7.67. The molecule has 0 heterocycles. The first-order valence-electron chi connectivity index (χ1n) is 7.67. The maximum absolute atomic E-state index is 3.61. The molecule has 108 valence electrons. The molecule has 0 aromatic heterocycles. The second kappa shape index (κ2) is 7.69. The van der Waals surface area contributed by atoms with Gasteiger partial charge in [0, 0.05) is 0 Å². The Bertz CT molecular complexity index is 379. The Hall–Kier alpha value is -0.820. The summed E-state index contributed by atoms with van der Waals surface area (Å²) in [6.45, 7) is 15.8. The van der Waals surface area contributed by atoms with Gasteiger partial charge in [0.2, 0.25) is 0 Å². The van der Waals surface area contributed by atoms with Gasteiger partial charge < -0.3 is 5.32 Å². The molecule has 1 aromatic rings. The van der Waals surface area contributed by atoms with Crippen LogP contribution in [0.3, 0.4) is 0 Å². The Morgan fingerprint density at radius 1 is 0.947 bits per heavy atom. The van der Waals surface area contributed by atoms with Gasteiger partial charge in [0.05, 0.1) is 0 Å². The monoisotopic (exact) mass is 261 g/mol. The van der Waals surface area contributed by atoms with Crippen molar-refractivity contribution in [3.63, 3.8) is 0 Å². The third kappa shape index (κ3) is 5.78. The van der Waals surface area contributed by atoms with Gasteiger partial charge in [-0.3, -0.25) is 0 Å². The summed E-state index contributed by atoms with van der Waals surface area (Å²) in [5, 5.41) is 3.61. The topological polar surface area (TPSA) is 12.0 Å². The number of hydrogen-bond acceptors (Lipinski definition) is 1. The molecule has 0 aliphatic rings. The zero-order valence-electron chi connectivity index (χ0n) is 13.6. The van der Waals surface area contributed by atoms with Crippen molar-refractivity contribution in [2.45, 2.75) is 48.0 Å². The van der Waals surface area contributed by atoms with E-state index in [1.165, 1.54) is 23.1 Å². The molecule has 0 fully saturated rings. The maximum atomic E-state index is 3.61. The third-order valence-corrected chi connectivity index (χ3v) is 3.97. The lowest BCUT2D eigenvalue weighted by Gasteiger charge is -2.22. The zero-order valence-corrected chi connectivity index (χ0v) is 13.6. The molecule has 1 heteroatoms. The van der Waals surface area contributed by atoms with Crippen LogP contribution in [0.25, 0.3) is 0 Å². The second-order valence-corrected chi connectivity index (χ2v) is 6.68. The maximum Gasteiger partial charge on any atom is -0.00148 e. The molecular formula is C18H31N. The molecule has 1 rings (SSSR count). The van der Waals surface area contributed by atoms with Gasteiger partial charge in [0.15, 0.2) is 0 Å². The van der Waals surface area contributed by atoms with Gasteiger partial charge in [-0.2, -0.15) is 0 Å². The molecule has 1 N–H and O–H groups in total. The van der Waals surface area contributed by atoms with Crippen LogP contribution in [-0.4, -0.2) is 13.1 Å². The summed E-state index contributed by atoms with van der Waals surface area (Å²) < 4.78 is 0. The van der Waals surface area contributed by atoms with Crippen molar-refractivity contribution in [3.05, 3.63) is 34.9 Å².